The number of hydrogen-bond acceptors (Lipinski definition) is 4. The number of aromatic nitrogens is 1. The van der Waals surface area contributed by atoms with Gasteiger partial charge in [0.1, 0.15) is 0 Å². The zero-order valence-corrected chi connectivity index (χ0v) is 15.4. The Bertz CT molecular complexity index is 666. The number of nitrogens with zero attached hydrogens (tertiary/aromatic N) is 3. The molecular weight excluding hydrogens is 318 g/mol. The smallest absolute Gasteiger partial charge is 0.255 e. The van der Waals surface area contributed by atoms with Crippen LogP contribution in [0.1, 0.15) is 37.6 Å². The van der Waals surface area contributed by atoms with E-state index in [1.165, 1.54) is 0 Å². The summed E-state index contributed by atoms with van der Waals surface area (Å²) in [6, 6.07) is 6.86. The van der Waals surface area contributed by atoms with Gasteiger partial charge >= 0.3 is 0 Å². The number of pyridine rings is 1. The SMILES string of the molecule is CC[C@@H]1CN(C(=O)c2ccc(-c3ccsc3)nc2)CCN1C(C)C. The van der Waals surface area contributed by atoms with Crippen molar-refractivity contribution in [3.63, 3.8) is 0 Å². The second-order valence-corrected chi connectivity index (χ2v) is 7.37. The van der Waals surface area contributed by atoms with Gasteiger partial charge in [0.15, 0.2) is 0 Å². The molecule has 24 heavy (non-hydrogen) atoms. The lowest BCUT2D eigenvalue weighted by Crippen LogP contribution is -2.56. The quantitative estimate of drug-likeness (QED) is 0.848. The van der Waals surface area contributed by atoms with Gasteiger partial charge in [0, 0.05) is 48.9 Å². The van der Waals surface area contributed by atoms with Crippen LogP contribution in [0.5, 0.6) is 0 Å². The highest BCUT2D eigenvalue weighted by atomic mass is 32.1. The van der Waals surface area contributed by atoms with Crippen LogP contribution in [-0.2, 0) is 0 Å². The molecule has 1 aliphatic heterocycles. The summed E-state index contributed by atoms with van der Waals surface area (Å²) in [5, 5.41) is 4.11. The lowest BCUT2D eigenvalue weighted by molar-refractivity contribution is 0.0371. The topological polar surface area (TPSA) is 36.4 Å². The van der Waals surface area contributed by atoms with Gasteiger partial charge in [0.2, 0.25) is 0 Å². The van der Waals surface area contributed by atoms with Crippen molar-refractivity contribution in [2.45, 2.75) is 39.3 Å². The van der Waals surface area contributed by atoms with Crippen LogP contribution in [0.2, 0.25) is 0 Å². The highest BCUT2D eigenvalue weighted by Gasteiger charge is 2.30. The van der Waals surface area contributed by atoms with E-state index in [0.29, 0.717) is 17.6 Å². The van der Waals surface area contributed by atoms with Gasteiger partial charge in [-0.3, -0.25) is 14.7 Å². The number of piperazine rings is 1. The first kappa shape index (κ1) is 17.1. The van der Waals surface area contributed by atoms with Crippen molar-refractivity contribution in [2.75, 3.05) is 19.6 Å². The van der Waals surface area contributed by atoms with Crippen LogP contribution >= 0.6 is 11.3 Å². The van der Waals surface area contributed by atoms with Gasteiger partial charge in [0.25, 0.3) is 5.91 Å². The molecule has 3 rings (SSSR count). The van der Waals surface area contributed by atoms with Crippen LogP contribution in [0.4, 0.5) is 0 Å². The Kier molecular flexibility index (Phi) is 5.31. The van der Waals surface area contributed by atoms with Crippen molar-refractivity contribution in [1.29, 1.82) is 0 Å². The molecule has 0 bridgehead atoms. The number of hydrogen-bond donors (Lipinski definition) is 0. The summed E-state index contributed by atoms with van der Waals surface area (Å²) in [5.74, 6) is 0.0984. The molecule has 128 valence electrons. The molecule has 0 N–H and O–H groups in total. The first-order chi connectivity index (χ1) is 11.6. The second-order valence-electron chi connectivity index (χ2n) is 6.59. The maximum absolute atomic E-state index is 12.8. The summed E-state index contributed by atoms with van der Waals surface area (Å²) in [6.07, 6.45) is 2.78. The normalized spacial score (nSPS) is 19.0. The zero-order valence-electron chi connectivity index (χ0n) is 14.6. The van der Waals surface area contributed by atoms with Crippen molar-refractivity contribution in [2.24, 2.45) is 0 Å². The van der Waals surface area contributed by atoms with E-state index in [9.17, 15) is 4.79 Å². The third kappa shape index (κ3) is 3.52. The van der Waals surface area contributed by atoms with E-state index in [4.69, 9.17) is 0 Å². The van der Waals surface area contributed by atoms with E-state index >= 15 is 0 Å². The summed E-state index contributed by atoms with van der Waals surface area (Å²) in [7, 11) is 0. The molecule has 0 spiro atoms. The molecular formula is C19H25N3OS. The van der Waals surface area contributed by atoms with Crippen LogP contribution in [-0.4, -0.2) is 52.4 Å². The summed E-state index contributed by atoms with van der Waals surface area (Å²) in [5.41, 5.74) is 2.71. The Morgan fingerprint density at radius 3 is 2.75 bits per heavy atom. The first-order valence-corrected chi connectivity index (χ1v) is 9.58. The molecule has 1 atom stereocenters. The van der Waals surface area contributed by atoms with Crippen molar-refractivity contribution in [3.8, 4) is 11.3 Å². The number of rotatable bonds is 4. The maximum atomic E-state index is 12.8. The van der Waals surface area contributed by atoms with Gasteiger partial charge in [-0.15, -0.1) is 0 Å². The van der Waals surface area contributed by atoms with Gasteiger partial charge in [0.05, 0.1) is 11.3 Å². The monoisotopic (exact) mass is 343 g/mol. The summed E-state index contributed by atoms with van der Waals surface area (Å²) < 4.78 is 0. The fourth-order valence-corrected chi connectivity index (χ4v) is 4.03. The number of amides is 1. The predicted octanol–water partition coefficient (Wildman–Crippen LogP) is 3.75. The van der Waals surface area contributed by atoms with Crippen LogP contribution < -0.4 is 0 Å². The van der Waals surface area contributed by atoms with Crippen molar-refractivity contribution >= 4 is 17.2 Å². The molecule has 1 saturated heterocycles. The first-order valence-electron chi connectivity index (χ1n) is 8.63. The fraction of sp³-hybridized carbons (Fsp3) is 0.474. The minimum Gasteiger partial charge on any atom is -0.336 e. The number of thiophene rings is 1. The Balaban J connectivity index is 1.70. The lowest BCUT2D eigenvalue weighted by atomic mass is 10.1. The van der Waals surface area contributed by atoms with Crippen molar-refractivity contribution in [1.82, 2.24) is 14.8 Å². The third-order valence-electron chi connectivity index (χ3n) is 4.78. The van der Waals surface area contributed by atoms with Crippen LogP contribution in [0.3, 0.4) is 0 Å². The maximum Gasteiger partial charge on any atom is 0.255 e. The van der Waals surface area contributed by atoms with Gasteiger partial charge in [-0.25, -0.2) is 0 Å². The minimum atomic E-state index is 0.0984. The van der Waals surface area contributed by atoms with Gasteiger partial charge < -0.3 is 4.90 Å². The average molecular weight is 343 g/mol. The molecule has 1 amide bonds. The van der Waals surface area contributed by atoms with E-state index in [1.807, 2.05) is 28.5 Å². The van der Waals surface area contributed by atoms with Gasteiger partial charge in [-0.2, -0.15) is 11.3 Å². The van der Waals surface area contributed by atoms with E-state index in [2.05, 4.69) is 36.0 Å². The molecule has 0 saturated carbocycles. The fourth-order valence-electron chi connectivity index (χ4n) is 3.38. The molecule has 0 unspecified atom stereocenters. The Hall–Kier alpha value is -1.72. The Morgan fingerprint density at radius 1 is 1.33 bits per heavy atom. The largest absolute Gasteiger partial charge is 0.336 e. The second kappa shape index (κ2) is 7.45. The standard InChI is InChI=1S/C19H25N3OS/c1-4-17-12-21(8-9-22(17)14(2)3)19(23)15-5-6-18(20-11-15)16-7-10-24-13-16/h5-7,10-11,13-14,17H,4,8-9,12H2,1-3H3/t17-/m1/s1. The van der Waals surface area contributed by atoms with Crippen LogP contribution in [0.15, 0.2) is 35.2 Å². The number of carbonyl (C=O) groups is 1. The predicted molar refractivity (Wildman–Crippen MR) is 99.4 cm³/mol. The van der Waals surface area contributed by atoms with Gasteiger partial charge in [-0.05, 0) is 43.8 Å². The van der Waals surface area contributed by atoms with Crippen LogP contribution in [0, 0.1) is 0 Å². The van der Waals surface area contributed by atoms with Crippen molar-refractivity contribution in [3.05, 3.63) is 40.7 Å². The molecule has 2 aromatic heterocycles. The van der Waals surface area contributed by atoms with E-state index in [-0.39, 0.29) is 5.91 Å². The van der Waals surface area contributed by atoms with E-state index in [1.54, 1.807) is 17.5 Å². The molecule has 1 fully saturated rings. The minimum absolute atomic E-state index is 0.0984. The summed E-state index contributed by atoms with van der Waals surface area (Å²) in [4.78, 5) is 21.8. The zero-order chi connectivity index (χ0) is 17.1. The molecule has 1 aliphatic rings. The molecule has 2 aromatic rings. The van der Waals surface area contributed by atoms with E-state index in [0.717, 1.165) is 37.3 Å². The molecule has 5 heteroatoms. The van der Waals surface area contributed by atoms with Gasteiger partial charge in [-0.1, -0.05) is 6.92 Å². The number of carbonyl (C=O) groups excluding carboxylic acids is 1. The highest BCUT2D eigenvalue weighted by molar-refractivity contribution is 7.08. The Morgan fingerprint density at radius 2 is 2.17 bits per heavy atom. The lowest BCUT2D eigenvalue weighted by Gasteiger charge is -2.43. The molecule has 0 aromatic carbocycles. The molecule has 3 heterocycles. The highest BCUT2D eigenvalue weighted by Crippen LogP contribution is 2.21. The van der Waals surface area contributed by atoms with E-state index < -0.39 is 0 Å². The van der Waals surface area contributed by atoms with Crippen molar-refractivity contribution < 1.29 is 4.79 Å². The average Bonchev–Trinajstić information content (AvgIpc) is 3.15. The van der Waals surface area contributed by atoms with Crippen LogP contribution in [0.25, 0.3) is 11.3 Å². The molecule has 0 radical (unpaired) electrons. The Labute approximate surface area is 148 Å². The summed E-state index contributed by atoms with van der Waals surface area (Å²) >= 11 is 1.65. The summed E-state index contributed by atoms with van der Waals surface area (Å²) in [6.45, 7) is 9.20. The molecule has 0 aliphatic carbocycles. The molecule has 4 nitrogen and oxygen atoms in total. The third-order valence-corrected chi connectivity index (χ3v) is 5.46.